The number of ether oxygens (including phenoxy) is 1. The molecule has 0 bridgehead atoms. The highest BCUT2D eigenvalue weighted by atomic mass is 16.5. The van der Waals surface area contributed by atoms with E-state index in [1.165, 1.54) is 18.2 Å². The van der Waals surface area contributed by atoms with Crippen LogP contribution in [0.15, 0.2) is 24.3 Å². The molecular weight excluding hydrogens is 226 g/mol. The Balaban J connectivity index is 2.14. The van der Waals surface area contributed by atoms with Crippen molar-refractivity contribution >= 4 is 5.97 Å². The summed E-state index contributed by atoms with van der Waals surface area (Å²) in [5.74, 6) is -0.0299. The molecule has 2 atom stereocenters. The zero-order valence-corrected chi connectivity index (χ0v) is 11.3. The number of piperidine rings is 1. The summed E-state index contributed by atoms with van der Waals surface area (Å²) in [5.41, 5.74) is 2.55. The van der Waals surface area contributed by atoms with Crippen LogP contribution in [0.1, 0.15) is 30.0 Å². The molecule has 1 aromatic carbocycles. The van der Waals surface area contributed by atoms with Gasteiger partial charge in [0.15, 0.2) is 0 Å². The Kier molecular flexibility index (Phi) is 4.02. The van der Waals surface area contributed by atoms with E-state index in [-0.39, 0.29) is 11.9 Å². The monoisotopic (exact) mass is 247 g/mol. The molecule has 1 aliphatic heterocycles. The quantitative estimate of drug-likeness (QED) is 0.752. The van der Waals surface area contributed by atoms with E-state index in [2.05, 4.69) is 43.1 Å². The number of nitrogens with zero attached hydrogens (tertiary/aromatic N) is 1. The maximum atomic E-state index is 11.7. The molecule has 0 spiro atoms. The summed E-state index contributed by atoms with van der Waals surface area (Å²) in [5, 5.41) is 0. The molecule has 1 saturated heterocycles. The Hall–Kier alpha value is -1.35. The van der Waals surface area contributed by atoms with Crippen LogP contribution in [0.2, 0.25) is 0 Å². The lowest BCUT2D eigenvalue weighted by molar-refractivity contribution is -0.147. The molecule has 0 saturated carbocycles. The maximum absolute atomic E-state index is 11.7. The van der Waals surface area contributed by atoms with Crippen LogP contribution in [0.3, 0.4) is 0 Å². The Bertz CT molecular complexity index is 413. The van der Waals surface area contributed by atoms with Gasteiger partial charge >= 0.3 is 5.97 Å². The molecule has 1 heterocycles. The van der Waals surface area contributed by atoms with E-state index in [0.29, 0.717) is 6.04 Å². The second-order valence-electron chi connectivity index (χ2n) is 5.15. The first-order valence-electron chi connectivity index (χ1n) is 6.46. The van der Waals surface area contributed by atoms with Gasteiger partial charge in [0, 0.05) is 6.04 Å². The summed E-state index contributed by atoms with van der Waals surface area (Å²) < 4.78 is 4.87. The largest absolute Gasteiger partial charge is 0.469 e. The van der Waals surface area contributed by atoms with E-state index in [0.717, 1.165) is 19.4 Å². The number of hydrogen-bond donors (Lipinski definition) is 0. The number of benzene rings is 1. The van der Waals surface area contributed by atoms with E-state index < -0.39 is 0 Å². The van der Waals surface area contributed by atoms with Gasteiger partial charge in [0.2, 0.25) is 0 Å². The Morgan fingerprint density at radius 3 is 2.61 bits per heavy atom. The number of carbonyl (C=O) groups is 1. The van der Waals surface area contributed by atoms with Crippen LogP contribution >= 0.6 is 0 Å². The average molecular weight is 247 g/mol. The first-order valence-corrected chi connectivity index (χ1v) is 6.46. The van der Waals surface area contributed by atoms with Crippen molar-refractivity contribution in [3.63, 3.8) is 0 Å². The maximum Gasteiger partial charge on any atom is 0.308 e. The topological polar surface area (TPSA) is 29.5 Å². The molecule has 1 aromatic rings. The summed E-state index contributed by atoms with van der Waals surface area (Å²) in [6, 6.07) is 8.91. The van der Waals surface area contributed by atoms with Crippen molar-refractivity contribution in [2.75, 3.05) is 20.7 Å². The van der Waals surface area contributed by atoms with Crippen molar-refractivity contribution in [1.29, 1.82) is 0 Å². The van der Waals surface area contributed by atoms with Crippen LogP contribution in [0.25, 0.3) is 0 Å². The third kappa shape index (κ3) is 2.72. The molecule has 0 amide bonds. The number of aryl methyl sites for hydroxylation is 1. The van der Waals surface area contributed by atoms with Gasteiger partial charge in [-0.2, -0.15) is 0 Å². The summed E-state index contributed by atoms with van der Waals surface area (Å²) in [6.07, 6.45) is 1.75. The minimum atomic E-state index is -0.0692. The van der Waals surface area contributed by atoms with Crippen LogP contribution in [0, 0.1) is 12.8 Å². The van der Waals surface area contributed by atoms with Gasteiger partial charge in [-0.15, -0.1) is 0 Å². The van der Waals surface area contributed by atoms with Crippen molar-refractivity contribution in [3.05, 3.63) is 35.4 Å². The van der Waals surface area contributed by atoms with Gasteiger partial charge in [-0.3, -0.25) is 9.69 Å². The molecule has 18 heavy (non-hydrogen) atoms. The predicted molar refractivity (Wildman–Crippen MR) is 71.3 cm³/mol. The van der Waals surface area contributed by atoms with E-state index in [1.54, 1.807) is 0 Å². The van der Waals surface area contributed by atoms with E-state index >= 15 is 0 Å². The van der Waals surface area contributed by atoms with Gasteiger partial charge in [0.25, 0.3) is 0 Å². The second-order valence-corrected chi connectivity index (χ2v) is 5.15. The number of rotatable bonds is 2. The van der Waals surface area contributed by atoms with Gasteiger partial charge in [-0.05, 0) is 38.9 Å². The van der Waals surface area contributed by atoms with Crippen LogP contribution in [-0.2, 0) is 9.53 Å². The predicted octanol–water partition coefficient (Wildman–Crippen LogP) is 2.55. The number of esters is 1. The number of methoxy groups -OCH3 is 1. The van der Waals surface area contributed by atoms with Gasteiger partial charge in [0.05, 0.1) is 13.0 Å². The van der Waals surface area contributed by atoms with Crippen LogP contribution in [-0.4, -0.2) is 31.6 Å². The fourth-order valence-electron chi connectivity index (χ4n) is 2.64. The molecule has 1 fully saturated rings. The Morgan fingerprint density at radius 2 is 2.00 bits per heavy atom. The Morgan fingerprint density at radius 1 is 1.33 bits per heavy atom. The first-order chi connectivity index (χ1) is 8.61. The summed E-state index contributed by atoms with van der Waals surface area (Å²) in [6.45, 7) is 3.03. The minimum absolute atomic E-state index is 0.0394. The number of hydrogen-bond acceptors (Lipinski definition) is 3. The molecule has 3 heteroatoms. The summed E-state index contributed by atoms with van der Waals surface area (Å²) in [4.78, 5) is 14.0. The molecule has 98 valence electrons. The van der Waals surface area contributed by atoms with Crippen LogP contribution < -0.4 is 0 Å². The Labute approximate surface area is 109 Å². The third-order valence-electron chi connectivity index (χ3n) is 3.87. The highest BCUT2D eigenvalue weighted by Gasteiger charge is 2.31. The molecule has 0 radical (unpaired) electrons. The van der Waals surface area contributed by atoms with Gasteiger partial charge in [-0.1, -0.05) is 29.8 Å². The average Bonchev–Trinajstić information content (AvgIpc) is 2.39. The lowest BCUT2D eigenvalue weighted by Gasteiger charge is -2.36. The van der Waals surface area contributed by atoms with E-state index in [4.69, 9.17) is 4.74 Å². The molecule has 0 aliphatic carbocycles. The second kappa shape index (κ2) is 5.53. The van der Waals surface area contributed by atoms with E-state index in [1.807, 2.05) is 0 Å². The summed E-state index contributed by atoms with van der Waals surface area (Å²) in [7, 11) is 3.60. The molecule has 2 unspecified atom stereocenters. The molecule has 1 aliphatic rings. The smallest absolute Gasteiger partial charge is 0.308 e. The van der Waals surface area contributed by atoms with Crippen molar-refractivity contribution in [2.24, 2.45) is 5.92 Å². The van der Waals surface area contributed by atoms with Crippen molar-refractivity contribution in [2.45, 2.75) is 25.8 Å². The van der Waals surface area contributed by atoms with E-state index in [9.17, 15) is 4.79 Å². The van der Waals surface area contributed by atoms with Crippen LogP contribution in [0.4, 0.5) is 0 Å². The number of carbonyl (C=O) groups excluding carboxylic acids is 1. The SMILES string of the molecule is COC(=O)C1CCN(C)C(c2ccc(C)cc2)C1. The first kappa shape index (κ1) is 13.1. The highest BCUT2D eigenvalue weighted by molar-refractivity contribution is 5.72. The molecule has 3 nitrogen and oxygen atoms in total. The zero-order valence-electron chi connectivity index (χ0n) is 11.3. The van der Waals surface area contributed by atoms with Crippen molar-refractivity contribution < 1.29 is 9.53 Å². The minimum Gasteiger partial charge on any atom is -0.469 e. The summed E-state index contributed by atoms with van der Waals surface area (Å²) >= 11 is 0. The van der Waals surface area contributed by atoms with Crippen LogP contribution in [0.5, 0.6) is 0 Å². The van der Waals surface area contributed by atoms with Gasteiger partial charge in [0.1, 0.15) is 0 Å². The lowest BCUT2D eigenvalue weighted by Crippen LogP contribution is -2.36. The van der Waals surface area contributed by atoms with Gasteiger partial charge < -0.3 is 4.74 Å². The third-order valence-corrected chi connectivity index (χ3v) is 3.87. The number of likely N-dealkylation sites (tertiary alicyclic amines) is 1. The molecule has 0 N–H and O–H groups in total. The molecule has 2 rings (SSSR count). The fraction of sp³-hybridized carbons (Fsp3) is 0.533. The molecule has 0 aromatic heterocycles. The zero-order chi connectivity index (χ0) is 13.1. The lowest BCUT2D eigenvalue weighted by atomic mass is 9.87. The molecular formula is C15H21NO2. The van der Waals surface area contributed by atoms with Crippen molar-refractivity contribution in [1.82, 2.24) is 4.90 Å². The standard InChI is InChI=1S/C15H21NO2/c1-11-4-6-12(7-5-11)14-10-13(15(17)18-3)8-9-16(14)2/h4-7,13-14H,8-10H2,1-3H3. The highest BCUT2D eigenvalue weighted by Crippen LogP contribution is 2.33. The fourth-order valence-corrected chi connectivity index (χ4v) is 2.64. The van der Waals surface area contributed by atoms with Gasteiger partial charge in [-0.25, -0.2) is 0 Å². The normalized spacial score (nSPS) is 24.8. The van der Waals surface area contributed by atoms with Crippen molar-refractivity contribution in [3.8, 4) is 0 Å².